The van der Waals surface area contributed by atoms with Crippen molar-refractivity contribution in [2.75, 3.05) is 38.5 Å². The summed E-state index contributed by atoms with van der Waals surface area (Å²) < 4.78 is 10.9. The van der Waals surface area contributed by atoms with Gasteiger partial charge in [0, 0.05) is 6.54 Å². The molecule has 4 nitrogen and oxygen atoms in total. The Kier molecular flexibility index (Phi) is 6.11. The SMILES string of the molecule is COc1cccc(OC)c1C1SCC(=O)N1CCCSC. The van der Waals surface area contributed by atoms with Crippen molar-refractivity contribution in [3.05, 3.63) is 23.8 Å². The first-order valence-corrected chi connectivity index (χ1v) is 9.28. The number of rotatable bonds is 7. The summed E-state index contributed by atoms with van der Waals surface area (Å²) in [6, 6.07) is 5.74. The number of amides is 1. The first-order chi connectivity index (χ1) is 10.2. The smallest absolute Gasteiger partial charge is 0.233 e. The molecule has 0 N–H and O–H groups in total. The van der Waals surface area contributed by atoms with Gasteiger partial charge in [0.2, 0.25) is 5.91 Å². The van der Waals surface area contributed by atoms with Crippen LogP contribution in [0.15, 0.2) is 18.2 Å². The van der Waals surface area contributed by atoms with Crippen LogP contribution < -0.4 is 9.47 Å². The van der Waals surface area contributed by atoms with Crippen LogP contribution in [-0.2, 0) is 4.79 Å². The topological polar surface area (TPSA) is 38.8 Å². The number of hydrogen-bond acceptors (Lipinski definition) is 5. The number of nitrogens with zero attached hydrogens (tertiary/aromatic N) is 1. The molecule has 1 saturated heterocycles. The number of carbonyl (C=O) groups excluding carboxylic acids is 1. The van der Waals surface area contributed by atoms with Gasteiger partial charge in [0.15, 0.2) is 0 Å². The summed E-state index contributed by atoms with van der Waals surface area (Å²) in [4.78, 5) is 14.1. The second-order valence-corrected chi connectivity index (χ2v) is 6.73. The molecular weight excluding hydrogens is 306 g/mol. The van der Waals surface area contributed by atoms with E-state index >= 15 is 0 Å². The Balaban J connectivity index is 2.28. The van der Waals surface area contributed by atoms with Crippen molar-refractivity contribution in [3.8, 4) is 11.5 Å². The standard InChI is InChI=1S/C15H21NO3S2/c1-18-11-6-4-7-12(19-2)14(11)15-16(8-5-9-20-3)13(17)10-21-15/h4,6-7,15H,5,8-10H2,1-3H3. The molecule has 1 aliphatic heterocycles. The van der Waals surface area contributed by atoms with Gasteiger partial charge in [-0.2, -0.15) is 11.8 Å². The number of thioether (sulfide) groups is 2. The maximum Gasteiger partial charge on any atom is 0.233 e. The van der Waals surface area contributed by atoms with Crippen LogP contribution in [-0.4, -0.2) is 49.3 Å². The van der Waals surface area contributed by atoms with Gasteiger partial charge in [0.1, 0.15) is 16.9 Å². The van der Waals surface area contributed by atoms with E-state index in [4.69, 9.17) is 9.47 Å². The second-order valence-electron chi connectivity index (χ2n) is 4.67. The van der Waals surface area contributed by atoms with Crippen LogP contribution in [0.1, 0.15) is 17.4 Å². The number of methoxy groups -OCH3 is 2. The van der Waals surface area contributed by atoms with Crippen molar-refractivity contribution in [1.29, 1.82) is 0 Å². The molecule has 0 bridgehead atoms. The van der Waals surface area contributed by atoms with E-state index in [0.29, 0.717) is 5.75 Å². The van der Waals surface area contributed by atoms with Gasteiger partial charge < -0.3 is 14.4 Å². The highest BCUT2D eigenvalue weighted by molar-refractivity contribution is 8.00. The van der Waals surface area contributed by atoms with Gasteiger partial charge in [0.05, 0.1) is 25.5 Å². The minimum Gasteiger partial charge on any atom is -0.496 e. The van der Waals surface area contributed by atoms with Gasteiger partial charge in [-0.3, -0.25) is 4.79 Å². The zero-order valence-corrected chi connectivity index (χ0v) is 14.3. The predicted molar refractivity (Wildman–Crippen MR) is 89.5 cm³/mol. The van der Waals surface area contributed by atoms with Crippen LogP contribution in [0.4, 0.5) is 0 Å². The van der Waals surface area contributed by atoms with Gasteiger partial charge in [-0.25, -0.2) is 0 Å². The summed E-state index contributed by atoms with van der Waals surface area (Å²) in [5.41, 5.74) is 0.961. The largest absolute Gasteiger partial charge is 0.496 e. The Labute approximate surface area is 134 Å². The Morgan fingerprint density at radius 3 is 2.57 bits per heavy atom. The fraction of sp³-hybridized carbons (Fsp3) is 0.533. The highest BCUT2D eigenvalue weighted by Gasteiger charge is 2.36. The molecular formula is C15H21NO3S2. The minimum absolute atomic E-state index is 0.0227. The van der Waals surface area contributed by atoms with Crippen molar-refractivity contribution >= 4 is 29.4 Å². The van der Waals surface area contributed by atoms with E-state index in [1.807, 2.05) is 23.1 Å². The normalized spacial score (nSPS) is 18.1. The molecule has 0 radical (unpaired) electrons. The maximum absolute atomic E-state index is 12.2. The Hall–Kier alpha value is -1.01. The molecule has 1 amide bonds. The number of hydrogen-bond donors (Lipinski definition) is 0. The lowest BCUT2D eigenvalue weighted by atomic mass is 10.1. The first kappa shape index (κ1) is 16.4. The average molecular weight is 327 g/mol. The molecule has 1 aliphatic rings. The van der Waals surface area contributed by atoms with Gasteiger partial charge in [-0.1, -0.05) is 6.07 Å². The van der Waals surface area contributed by atoms with Gasteiger partial charge >= 0.3 is 0 Å². The second kappa shape index (κ2) is 7.84. The van der Waals surface area contributed by atoms with Crippen molar-refractivity contribution in [3.63, 3.8) is 0 Å². The van der Waals surface area contributed by atoms with E-state index in [1.54, 1.807) is 37.7 Å². The quantitative estimate of drug-likeness (QED) is 0.720. The molecule has 1 aromatic rings. The van der Waals surface area contributed by atoms with E-state index in [0.717, 1.165) is 35.8 Å². The van der Waals surface area contributed by atoms with Crippen LogP contribution in [0.2, 0.25) is 0 Å². The Morgan fingerprint density at radius 1 is 1.33 bits per heavy atom. The molecule has 0 aliphatic carbocycles. The van der Waals surface area contributed by atoms with E-state index in [2.05, 4.69) is 6.26 Å². The molecule has 1 atom stereocenters. The molecule has 0 aromatic heterocycles. The third kappa shape index (κ3) is 3.61. The third-order valence-corrected chi connectivity index (χ3v) is 5.34. The molecule has 21 heavy (non-hydrogen) atoms. The maximum atomic E-state index is 12.2. The van der Waals surface area contributed by atoms with Crippen molar-refractivity contribution in [1.82, 2.24) is 4.90 Å². The number of ether oxygens (including phenoxy) is 2. The Morgan fingerprint density at radius 2 is 2.00 bits per heavy atom. The van der Waals surface area contributed by atoms with Crippen LogP contribution >= 0.6 is 23.5 Å². The molecule has 0 spiro atoms. The fourth-order valence-electron chi connectivity index (χ4n) is 2.44. The highest BCUT2D eigenvalue weighted by Crippen LogP contribution is 2.46. The number of carbonyl (C=O) groups is 1. The molecule has 1 unspecified atom stereocenters. The van der Waals surface area contributed by atoms with E-state index in [9.17, 15) is 4.79 Å². The minimum atomic E-state index is -0.0227. The van der Waals surface area contributed by atoms with Crippen molar-refractivity contribution in [2.24, 2.45) is 0 Å². The molecule has 6 heteroatoms. The summed E-state index contributed by atoms with van der Waals surface area (Å²) in [7, 11) is 3.30. The van der Waals surface area contributed by atoms with Gasteiger partial charge in [-0.05, 0) is 30.6 Å². The molecule has 2 rings (SSSR count). The first-order valence-electron chi connectivity index (χ1n) is 6.83. The summed E-state index contributed by atoms with van der Waals surface area (Å²) in [6.07, 6.45) is 3.09. The lowest BCUT2D eigenvalue weighted by molar-refractivity contribution is -0.128. The third-order valence-electron chi connectivity index (χ3n) is 3.43. The summed E-state index contributed by atoms with van der Waals surface area (Å²) >= 11 is 3.44. The molecule has 0 saturated carbocycles. The fourth-order valence-corrected chi connectivity index (χ4v) is 4.12. The monoisotopic (exact) mass is 327 g/mol. The zero-order valence-electron chi connectivity index (χ0n) is 12.6. The molecule has 1 fully saturated rings. The lowest BCUT2D eigenvalue weighted by Crippen LogP contribution is -2.30. The van der Waals surface area contributed by atoms with E-state index in [1.165, 1.54) is 0 Å². The average Bonchev–Trinajstić information content (AvgIpc) is 2.87. The lowest BCUT2D eigenvalue weighted by Gasteiger charge is -2.26. The number of benzene rings is 1. The van der Waals surface area contributed by atoms with Crippen LogP contribution in [0.5, 0.6) is 11.5 Å². The van der Waals surface area contributed by atoms with Crippen LogP contribution in [0, 0.1) is 0 Å². The van der Waals surface area contributed by atoms with Gasteiger partial charge in [-0.15, -0.1) is 11.8 Å². The van der Waals surface area contributed by atoms with Crippen molar-refractivity contribution in [2.45, 2.75) is 11.8 Å². The molecule has 1 aromatic carbocycles. The van der Waals surface area contributed by atoms with Crippen LogP contribution in [0.25, 0.3) is 0 Å². The van der Waals surface area contributed by atoms with Gasteiger partial charge in [0.25, 0.3) is 0 Å². The molecule has 116 valence electrons. The highest BCUT2D eigenvalue weighted by atomic mass is 32.2. The van der Waals surface area contributed by atoms with Crippen molar-refractivity contribution < 1.29 is 14.3 Å². The van der Waals surface area contributed by atoms with E-state index in [-0.39, 0.29) is 11.3 Å². The molecule has 1 heterocycles. The summed E-state index contributed by atoms with van der Waals surface area (Å²) in [5, 5.41) is -0.0227. The van der Waals surface area contributed by atoms with Crippen LogP contribution in [0.3, 0.4) is 0 Å². The summed E-state index contributed by atoms with van der Waals surface area (Å²) in [6.45, 7) is 0.776. The summed E-state index contributed by atoms with van der Waals surface area (Å²) in [5.74, 6) is 3.32. The Bertz CT molecular complexity index is 474. The van der Waals surface area contributed by atoms with E-state index < -0.39 is 0 Å². The predicted octanol–water partition coefficient (Wildman–Crippen LogP) is 3.03. The zero-order chi connectivity index (χ0) is 15.2.